The summed E-state index contributed by atoms with van der Waals surface area (Å²) in [6.45, 7) is 22.7. The van der Waals surface area contributed by atoms with Crippen LogP contribution in [-0.4, -0.2) is 3.81 Å². The van der Waals surface area contributed by atoms with E-state index in [4.69, 9.17) is 3.32 Å². The monoisotopic (exact) mass is 446 g/mol. The van der Waals surface area contributed by atoms with Gasteiger partial charge in [-0.3, -0.25) is 0 Å². The Morgan fingerprint density at radius 2 is 1.48 bits per heavy atom. The van der Waals surface area contributed by atoms with Gasteiger partial charge in [0.25, 0.3) is 0 Å². The zero-order valence-electron chi connectivity index (χ0n) is 18.5. The van der Waals surface area contributed by atoms with Gasteiger partial charge in [0.2, 0.25) is 0 Å². The van der Waals surface area contributed by atoms with Gasteiger partial charge in [-0.05, 0) is 0 Å². The van der Waals surface area contributed by atoms with E-state index in [0.29, 0.717) is 5.92 Å². The summed E-state index contributed by atoms with van der Waals surface area (Å²) in [6, 6.07) is 6.74. The molecule has 0 heterocycles. The summed E-state index contributed by atoms with van der Waals surface area (Å²) in [6.07, 6.45) is 0. The number of aryl methyl sites for hydroxylation is 1. The average Bonchev–Trinajstić information content (AvgIpc) is 2.67. The van der Waals surface area contributed by atoms with Crippen molar-refractivity contribution in [2.45, 2.75) is 74.7 Å². The van der Waals surface area contributed by atoms with E-state index in [1.807, 2.05) is 0 Å². The second-order valence-corrected chi connectivity index (χ2v) is 12.5. The molecule has 4 heteroatoms. The predicted octanol–water partition coefficient (Wildman–Crippen LogP) is 7.52. The maximum Gasteiger partial charge on any atom is -0.147 e. The first-order valence-electron chi connectivity index (χ1n) is 9.29. The standard InChI is InChI=1S/C11H16O.C9H13.C3H6.2ClH.Ti/c1-8-5-9(11(2,3)4)7-10(12)6-8;1-6-5-7(2)9(4)8(6)3;1-3-2;;;/h5-7,12H,1-4H3;6H,1-4H3;1-2H3;2*1H;/q;;;;;+1/p-1. The smallest absolute Gasteiger partial charge is 0.147 e. The Kier molecular flexibility index (Phi) is 9.80. The fraction of sp³-hybridized carbons (Fsp3) is 0.522. The van der Waals surface area contributed by atoms with Crippen molar-refractivity contribution in [1.82, 2.24) is 0 Å². The zero-order valence-corrected chi connectivity index (χ0v) is 21.7. The summed E-state index contributed by atoms with van der Waals surface area (Å²) in [5, 5.41) is 0. The summed E-state index contributed by atoms with van der Waals surface area (Å²) in [5.41, 5.74) is 7.23. The van der Waals surface area contributed by atoms with E-state index in [1.165, 1.54) is 31.7 Å². The Labute approximate surface area is 185 Å². The van der Waals surface area contributed by atoms with Crippen LogP contribution in [0.5, 0.6) is 5.75 Å². The molecule has 0 N–H and O–H groups in total. The minimum absolute atomic E-state index is 0. The fourth-order valence-corrected chi connectivity index (χ4v) is 7.18. The molecule has 27 heavy (non-hydrogen) atoms. The molecule has 1 aromatic rings. The van der Waals surface area contributed by atoms with Gasteiger partial charge in [-0.2, -0.15) is 0 Å². The molecule has 1 aliphatic carbocycles. The first-order chi connectivity index (χ1) is 11.4. The third kappa shape index (κ3) is 5.83. The summed E-state index contributed by atoms with van der Waals surface area (Å²) in [4.78, 5) is 0. The van der Waals surface area contributed by atoms with Gasteiger partial charge in [0.05, 0.1) is 0 Å². The molecule has 0 bridgehead atoms. The summed E-state index contributed by atoms with van der Waals surface area (Å²) < 4.78 is 9.83. The van der Waals surface area contributed by atoms with Crippen molar-refractivity contribution in [3.63, 3.8) is 0 Å². The summed E-state index contributed by atoms with van der Waals surface area (Å²) >= 11 is -1.95. The van der Waals surface area contributed by atoms with Crippen molar-refractivity contribution in [2.24, 2.45) is 5.92 Å². The molecule has 0 radical (unpaired) electrons. The van der Waals surface area contributed by atoms with Crippen molar-refractivity contribution >= 4 is 28.6 Å². The summed E-state index contributed by atoms with van der Waals surface area (Å²) in [7, 11) is 0. The van der Waals surface area contributed by atoms with Gasteiger partial charge in [0.15, 0.2) is 0 Å². The van der Waals surface area contributed by atoms with E-state index < -0.39 is 17.8 Å². The topological polar surface area (TPSA) is 9.23 Å². The molecule has 1 nitrogen and oxygen atoms in total. The van der Waals surface area contributed by atoms with Crippen LogP contribution in [0.1, 0.15) is 73.4 Å². The van der Waals surface area contributed by atoms with Gasteiger partial charge >= 0.3 is 161 Å². The van der Waals surface area contributed by atoms with Crippen LogP contribution in [0, 0.1) is 12.8 Å². The molecule has 1 aromatic carbocycles. The predicted molar refractivity (Wildman–Crippen MR) is 122 cm³/mol. The maximum absolute atomic E-state index is 6.76. The minimum atomic E-state index is -1.95. The van der Waals surface area contributed by atoms with Crippen LogP contribution >= 0.6 is 24.8 Å². The second-order valence-electron chi connectivity index (χ2n) is 8.78. The van der Waals surface area contributed by atoms with E-state index in [1.54, 1.807) is 3.88 Å². The van der Waals surface area contributed by atoms with Crippen LogP contribution < -0.4 is 3.32 Å². The zero-order chi connectivity index (χ0) is 19.1. The molecule has 0 fully saturated rings. The van der Waals surface area contributed by atoms with Crippen molar-refractivity contribution in [3.05, 3.63) is 49.9 Å². The van der Waals surface area contributed by atoms with E-state index in [2.05, 4.69) is 87.4 Å². The molecule has 1 aliphatic rings. The van der Waals surface area contributed by atoms with Crippen LogP contribution in [0.25, 0.3) is 0 Å². The molecule has 0 saturated heterocycles. The second kappa shape index (κ2) is 9.92. The van der Waals surface area contributed by atoms with Gasteiger partial charge in [0.1, 0.15) is 0 Å². The summed E-state index contributed by atoms with van der Waals surface area (Å²) in [5.74, 6) is 1.58. The number of hydrogen-bond donors (Lipinski definition) is 0. The van der Waals surface area contributed by atoms with E-state index in [9.17, 15) is 0 Å². The number of halogens is 2. The van der Waals surface area contributed by atoms with Crippen LogP contribution in [0.4, 0.5) is 0 Å². The van der Waals surface area contributed by atoms with Gasteiger partial charge < -0.3 is 0 Å². The van der Waals surface area contributed by atoms with Gasteiger partial charge in [0, 0.05) is 0 Å². The normalized spacial score (nSPS) is 16.7. The molecular weight excluding hydrogens is 411 g/mol. The molecule has 0 aromatic heterocycles. The average molecular weight is 447 g/mol. The first kappa shape index (κ1) is 26.7. The third-order valence-corrected chi connectivity index (χ3v) is 9.61. The minimum Gasteiger partial charge on any atom is -0.147 e. The number of rotatable bonds is 3. The van der Waals surface area contributed by atoms with Crippen LogP contribution in [0.15, 0.2) is 38.8 Å². The molecule has 2 rings (SSSR count). The SMILES string of the molecule is CC1=C(C)C(C)[C]([Ti]([O]c2cc(C)cc(C(C)(C)C)c2)=[C](C)C)=C1C.Cl.Cl. The Balaban J connectivity index is 0.00000338. The van der Waals surface area contributed by atoms with Crippen LogP contribution in [0.2, 0.25) is 0 Å². The van der Waals surface area contributed by atoms with Crippen molar-refractivity contribution in [2.75, 3.05) is 0 Å². The Hall–Kier alpha value is -0.336. The van der Waals surface area contributed by atoms with Crippen LogP contribution in [0.3, 0.4) is 0 Å². The maximum atomic E-state index is 6.76. The Morgan fingerprint density at radius 1 is 0.926 bits per heavy atom. The number of allylic oxidation sites excluding steroid dienone is 4. The van der Waals surface area contributed by atoms with E-state index >= 15 is 0 Å². The van der Waals surface area contributed by atoms with Gasteiger partial charge in [-0.25, -0.2) is 0 Å². The molecule has 152 valence electrons. The molecule has 0 saturated carbocycles. The molecule has 0 aliphatic heterocycles. The Morgan fingerprint density at radius 3 is 1.89 bits per heavy atom. The Bertz CT molecular complexity index is 791. The number of benzene rings is 1. The fourth-order valence-electron chi connectivity index (χ4n) is 3.51. The van der Waals surface area contributed by atoms with Gasteiger partial charge in [-0.1, -0.05) is 0 Å². The largest absolute Gasteiger partial charge is 0.147 e. The van der Waals surface area contributed by atoms with E-state index in [0.717, 1.165) is 5.75 Å². The van der Waals surface area contributed by atoms with Crippen molar-refractivity contribution < 1.29 is 21.1 Å². The molecule has 1 atom stereocenters. The van der Waals surface area contributed by atoms with Crippen LogP contribution in [-0.2, 0) is 23.2 Å². The third-order valence-electron chi connectivity index (χ3n) is 5.48. The van der Waals surface area contributed by atoms with Gasteiger partial charge in [-0.15, -0.1) is 24.8 Å². The van der Waals surface area contributed by atoms with Crippen molar-refractivity contribution in [3.8, 4) is 5.75 Å². The van der Waals surface area contributed by atoms with Crippen molar-refractivity contribution in [1.29, 1.82) is 0 Å². The first-order valence-corrected chi connectivity index (χ1v) is 11.5. The van der Waals surface area contributed by atoms with E-state index in [-0.39, 0.29) is 30.2 Å². The quantitative estimate of drug-likeness (QED) is 0.436. The number of hydrogen-bond acceptors (Lipinski definition) is 1. The molecule has 0 spiro atoms. The molecule has 1 unspecified atom stereocenters. The molecule has 0 amide bonds. The molecular formula is C23H36Cl2OTi.